The minimum absolute atomic E-state index is 0.186. The summed E-state index contributed by atoms with van der Waals surface area (Å²) in [5, 5.41) is 0. The summed E-state index contributed by atoms with van der Waals surface area (Å²) in [6.07, 6.45) is 0. The predicted molar refractivity (Wildman–Crippen MR) is 39.5 cm³/mol. The van der Waals surface area contributed by atoms with Gasteiger partial charge in [-0.15, -0.1) is 0 Å². The van der Waals surface area contributed by atoms with Gasteiger partial charge in [0.05, 0.1) is 0 Å². The molecule has 0 bridgehead atoms. The van der Waals surface area contributed by atoms with Crippen molar-refractivity contribution >= 4 is 29.5 Å². The molecule has 1 unspecified atom stereocenters. The zero-order chi connectivity index (χ0) is 5.70. The Hall–Kier alpha value is 0.571. The lowest BCUT2D eigenvalue weighted by Gasteiger charge is -2.05. The molecule has 0 aliphatic carbocycles. The van der Waals surface area contributed by atoms with Crippen LogP contribution in [0, 0.1) is 0 Å². The lowest BCUT2D eigenvalue weighted by molar-refractivity contribution is 0.474. The summed E-state index contributed by atoms with van der Waals surface area (Å²) < 4.78 is 10.4. The summed E-state index contributed by atoms with van der Waals surface area (Å²) in [5.74, 6) is 0. The third-order valence-corrected chi connectivity index (χ3v) is 6.60. The first-order valence-corrected chi connectivity index (χ1v) is 7.36. The Kier molecular flexibility index (Phi) is 5.11. The maximum absolute atomic E-state index is 5.28. The Morgan fingerprint density at radius 2 is 2.29 bits per heavy atom. The molecule has 0 aromatic heterocycles. The highest BCUT2D eigenvalue weighted by Crippen LogP contribution is 1.80. The summed E-state index contributed by atoms with van der Waals surface area (Å²) in [4.78, 5) is 0. The van der Waals surface area contributed by atoms with Gasteiger partial charge in [0.15, 0.2) is 0 Å². The zero-order valence-electron chi connectivity index (χ0n) is 5.10. The molecule has 0 aliphatic heterocycles. The van der Waals surface area contributed by atoms with E-state index in [1.54, 1.807) is 0 Å². The van der Waals surface area contributed by atoms with Crippen LogP contribution in [0.1, 0.15) is 0 Å². The SMILES string of the molecule is C[SiH2]O[SiH](C)O[SiH3]. The second kappa shape index (κ2) is 4.72. The van der Waals surface area contributed by atoms with E-state index in [4.69, 9.17) is 8.23 Å². The van der Waals surface area contributed by atoms with Gasteiger partial charge in [-0.05, 0) is 6.55 Å². The molecule has 7 heavy (non-hydrogen) atoms. The summed E-state index contributed by atoms with van der Waals surface area (Å²) in [5.41, 5.74) is 0. The molecule has 0 saturated carbocycles. The molecule has 2 nitrogen and oxygen atoms in total. The highest BCUT2D eigenvalue weighted by atomic mass is 28.4. The Labute approximate surface area is 51.5 Å². The van der Waals surface area contributed by atoms with Crippen molar-refractivity contribution in [3.63, 3.8) is 0 Å². The standard InChI is InChI=1S/C2H12O2Si3/c1-6-4-7(2)3-5/h7H,6H2,1-2,5H3. The van der Waals surface area contributed by atoms with E-state index in [0.717, 1.165) is 10.5 Å². The van der Waals surface area contributed by atoms with Crippen LogP contribution in [0.3, 0.4) is 0 Å². The van der Waals surface area contributed by atoms with E-state index in [2.05, 4.69) is 13.1 Å². The van der Waals surface area contributed by atoms with Crippen LogP contribution in [0.15, 0.2) is 0 Å². The van der Waals surface area contributed by atoms with Gasteiger partial charge in [-0.2, -0.15) is 0 Å². The highest BCUT2D eigenvalue weighted by molar-refractivity contribution is 6.54. The fourth-order valence-corrected chi connectivity index (χ4v) is 3.95. The number of hydrogen-bond donors (Lipinski definition) is 0. The van der Waals surface area contributed by atoms with Gasteiger partial charge in [0, 0.05) is 0 Å². The van der Waals surface area contributed by atoms with Gasteiger partial charge in [-0.1, -0.05) is 6.55 Å². The van der Waals surface area contributed by atoms with Crippen molar-refractivity contribution in [2.45, 2.75) is 13.1 Å². The van der Waals surface area contributed by atoms with Gasteiger partial charge in [-0.3, -0.25) is 0 Å². The molecule has 0 radical (unpaired) electrons. The van der Waals surface area contributed by atoms with Crippen LogP contribution in [0.5, 0.6) is 0 Å². The van der Waals surface area contributed by atoms with E-state index >= 15 is 0 Å². The third-order valence-electron chi connectivity index (χ3n) is 0.733. The molecule has 0 rings (SSSR count). The Morgan fingerprint density at radius 1 is 1.71 bits per heavy atom. The van der Waals surface area contributed by atoms with Crippen molar-refractivity contribution in [2.75, 3.05) is 0 Å². The molecule has 1 atom stereocenters. The fourth-order valence-electron chi connectivity index (χ4n) is 0.303. The molecule has 0 aliphatic rings. The molecular formula is C2H12O2Si3. The predicted octanol–water partition coefficient (Wildman–Crippen LogP) is -1.72. The molecule has 5 heteroatoms. The van der Waals surface area contributed by atoms with Gasteiger partial charge < -0.3 is 8.23 Å². The molecule has 0 saturated heterocycles. The lowest BCUT2D eigenvalue weighted by Crippen LogP contribution is -2.17. The van der Waals surface area contributed by atoms with E-state index in [1.807, 2.05) is 0 Å². The molecular weight excluding hydrogens is 140 g/mol. The van der Waals surface area contributed by atoms with E-state index in [0.29, 0.717) is 0 Å². The van der Waals surface area contributed by atoms with E-state index in [9.17, 15) is 0 Å². The van der Waals surface area contributed by atoms with Gasteiger partial charge in [0.25, 0.3) is 9.28 Å². The minimum atomic E-state index is -1.06. The van der Waals surface area contributed by atoms with Crippen LogP contribution in [-0.2, 0) is 8.23 Å². The van der Waals surface area contributed by atoms with Gasteiger partial charge in [-0.25, -0.2) is 0 Å². The van der Waals surface area contributed by atoms with Crippen molar-refractivity contribution in [1.29, 1.82) is 0 Å². The highest BCUT2D eigenvalue weighted by Gasteiger charge is 1.96. The van der Waals surface area contributed by atoms with Crippen LogP contribution >= 0.6 is 0 Å². The molecule has 0 N–H and O–H groups in total. The average molecular weight is 152 g/mol. The molecule has 0 spiro atoms. The quantitative estimate of drug-likeness (QED) is 0.448. The molecule has 0 aromatic rings. The molecule has 44 valence electrons. The van der Waals surface area contributed by atoms with Crippen LogP contribution < -0.4 is 0 Å². The van der Waals surface area contributed by atoms with Crippen molar-refractivity contribution in [3.8, 4) is 0 Å². The van der Waals surface area contributed by atoms with Crippen molar-refractivity contribution in [3.05, 3.63) is 0 Å². The van der Waals surface area contributed by atoms with E-state index in [1.165, 1.54) is 0 Å². The average Bonchev–Trinajstić information content (AvgIpc) is 1.68. The number of rotatable bonds is 3. The first-order valence-electron chi connectivity index (χ1n) is 2.45. The molecule has 0 heterocycles. The minimum Gasteiger partial charge on any atom is -0.447 e. The maximum Gasteiger partial charge on any atom is 0.296 e. The van der Waals surface area contributed by atoms with E-state index < -0.39 is 9.28 Å². The van der Waals surface area contributed by atoms with Crippen LogP contribution in [0.2, 0.25) is 13.1 Å². The summed E-state index contributed by atoms with van der Waals surface area (Å²) in [7, 11) is -0.397. The topological polar surface area (TPSA) is 18.5 Å². The van der Waals surface area contributed by atoms with Gasteiger partial charge in [0.2, 0.25) is 0 Å². The van der Waals surface area contributed by atoms with Gasteiger partial charge >= 0.3 is 0 Å². The summed E-state index contributed by atoms with van der Waals surface area (Å²) in [6, 6.07) is 0. The number of hydrogen-bond acceptors (Lipinski definition) is 2. The first kappa shape index (κ1) is 7.57. The van der Waals surface area contributed by atoms with Crippen LogP contribution in [0.4, 0.5) is 0 Å². The van der Waals surface area contributed by atoms with Gasteiger partial charge in [0.1, 0.15) is 20.2 Å². The zero-order valence-corrected chi connectivity index (χ0v) is 9.67. The van der Waals surface area contributed by atoms with E-state index in [-0.39, 0.29) is 9.76 Å². The summed E-state index contributed by atoms with van der Waals surface area (Å²) in [6.45, 7) is 4.20. The molecule has 0 amide bonds. The van der Waals surface area contributed by atoms with Crippen LogP contribution in [-0.4, -0.2) is 29.5 Å². The smallest absolute Gasteiger partial charge is 0.296 e. The second-order valence-corrected chi connectivity index (χ2v) is 6.19. The second-order valence-electron chi connectivity index (χ2n) is 1.26. The van der Waals surface area contributed by atoms with Crippen molar-refractivity contribution in [2.24, 2.45) is 0 Å². The maximum atomic E-state index is 5.28. The monoisotopic (exact) mass is 152 g/mol. The normalized spacial score (nSPS) is 16.3. The Morgan fingerprint density at radius 3 is 2.43 bits per heavy atom. The first-order chi connectivity index (χ1) is 3.31. The molecule has 0 aromatic carbocycles. The fraction of sp³-hybridized carbons (Fsp3) is 1.00. The van der Waals surface area contributed by atoms with Crippen molar-refractivity contribution < 1.29 is 8.23 Å². The molecule has 0 fully saturated rings. The lowest BCUT2D eigenvalue weighted by atomic mass is 11.9. The Balaban J connectivity index is 2.83. The largest absolute Gasteiger partial charge is 0.447 e. The van der Waals surface area contributed by atoms with Crippen molar-refractivity contribution in [1.82, 2.24) is 0 Å². The third kappa shape index (κ3) is 4.42. The summed E-state index contributed by atoms with van der Waals surface area (Å²) >= 11 is 0. The van der Waals surface area contributed by atoms with Crippen LogP contribution in [0.25, 0.3) is 0 Å². The Bertz CT molecular complexity index is 41.9.